The van der Waals surface area contributed by atoms with Crippen molar-refractivity contribution in [2.24, 2.45) is 11.7 Å². The minimum absolute atomic E-state index is 0. The molecule has 1 aliphatic rings. The second-order valence-electron chi connectivity index (χ2n) is 6.02. The molecule has 2 unspecified atom stereocenters. The topological polar surface area (TPSA) is 55.1 Å². The Hall–Kier alpha value is -0.920. The Balaban J connectivity index is 0.00000288. The summed E-state index contributed by atoms with van der Waals surface area (Å²) in [5.74, 6) is -1.30. The van der Waals surface area contributed by atoms with E-state index in [2.05, 4.69) is 5.32 Å². The fourth-order valence-corrected chi connectivity index (χ4v) is 3.48. The van der Waals surface area contributed by atoms with Crippen LogP contribution in [0.25, 0.3) is 0 Å². The number of rotatable bonds is 4. The third-order valence-electron chi connectivity index (χ3n) is 3.87. The number of aryl methyl sites for hydroxylation is 1. The predicted molar refractivity (Wildman–Crippen MR) is 93.8 cm³/mol. The van der Waals surface area contributed by atoms with Crippen LogP contribution in [0.3, 0.4) is 0 Å². The van der Waals surface area contributed by atoms with Gasteiger partial charge in [-0.3, -0.25) is 4.79 Å². The van der Waals surface area contributed by atoms with Gasteiger partial charge < -0.3 is 11.1 Å². The van der Waals surface area contributed by atoms with Crippen LogP contribution in [-0.2, 0) is 4.79 Å². The molecule has 0 saturated heterocycles. The summed E-state index contributed by atoms with van der Waals surface area (Å²) < 4.78 is 37.3. The van der Waals surface area contributed by atoms with Crippen LogP contribution in [0.5, 0.6) is 0 Å². The summed E-state index contributed by atoms with van der Waals surface area (Å²) in [6, 6.07) is 5.09. The van der Waals surface area contributed by atoms with Crippen molar-refractivity contribution in [1.29, 1.82) is 0 Å². The number of hydrogen-bond donors (Lipinski definition) is 2. The van der Waals surface area contributed by atoms with Crippen LogP contribution in [-0.4, -0.2) is 23.9 Å². The second-order valence-corrected chi connectivity index (χ2v) is 7.03. The van der Waals surface area contributed by atoms with Crippen molar-refractivity contribution in [1.82, 2.24) is 0 Å². The highest BCUT2D eigenvalue weighted by Gasteiger charge is 2.29. The second kappa shape index (κ2) is 8.97. The molecule has 1 aromatic rings. The van der Waals surface area contributed by atoms with Crippen molar-refractivity contribution < 1.29 is 18.0 Å². The Bertz CT molecular complexity index is 569. The highest BCUT2D eigenvalue weighted by molar-refractivity contribution is 7.99. The summed E-state index contributed by atoms with van der Waals surface area (Å²) in [4.78, 5) is 12.8. The number of anilines is 1. The molecule has 2 atom stereocenters. The van der Waals surface area contributed by atoms with E-state index in [0.29, 0.717) is 28.8 Å². The fourth-order valence-electron chi connectivity index (χ4n) is 2.73. The van der Waals surface area contributed by atoms with E-state index in [4.69, 9.17) is 5.73 Å². The van der Waals surface area contributed by atoms with E-state index in [1.807, 2.05) is 6.92 Å². The summed E-state index contributed by atoms with van der Waals surface area (Å²) >= 11 is 0.687. The van der Waals surface area contributed by atoms with Crippen molar-refractivity contribution in [3.63, 3.8) is 0 Å². The van der Waals surface area contributed by atoms with Gasteiger partial charge in [0.25, 0.3) is 0 Å². The van der Waals surface area contributed by atoms with Crippen molar-refractivity contribution in [2.45, 2.75) is 49.7 Å². The van der Waals surface area contributed by atoms with Gasteiger partial charge in [0.1, 0.15) is 0 Å². The van der Waals surface area contributed by atoms with E-state index in [1.165, 1.54) is 0 Å². The highest BCUT2D eigenvalue weighted by atomic mass is 35.5. The van der Waals surface area contributed by atoms with Gasteiger partial charge >= 0.3 is 6.18 Å². The lowest BCUT2D eigenvalue weighted by atomic mass is 9.85. The normalized spacial score (nSPS) is 21.0. The summed E-state index contributed by atoms with van der Waals surface area (Å²) in [7, 11) is 0. The Labute approximate surface area is 150 Å². The van der Waals surface area contributed by atoms with Crippen LogP contribution >= 0.6 is 24.2 Å². The van der Waals surface area contributed by atoms with Crippen LogP contribution < -0.4 is 11.1 Å². The number of nitrogens with one attached hydrogen (secondary N) is 1. The summed E-state index contributed by atoms with van der Waals surface area (Å²) in [5, 5.41) is 2.80. The monoisotopic (exact) mass is 382 g/mol. The van der Waals surface area contributed by atoms with Gasteiger partial charge in [0.2, 0.25) is 5.91 Å². The van der Waals surface area contributed by atoms with Gasteiger partial charge in [-0.25, -0.2) is 0 Å². The summed E-state index contributed by atoms with van der Waals surface area (Å²) in [6.45, 7) is 1.84. The van der Waals surface area contributed by atoms with Gasteiger partial charge in [-0.05, 0) is 43.9 Å². The lowest BCUT2D eigenvalue weighted by molar-refractivity contribution is -0.120. The molecular weight excluding hydrogens is 361 g/mol. The molecule has 0 radical (unpaired) electrons. The van der Waals surface area contributed by atoms with Crippen LogP contribution in [0.1, 0.15) is 31.2 Å². The molecule has 0 aromatic heterocycles. The molecule has 1 aliphatic carbocycles. The number of carbonyl (C=O) groups excluding carboxylic acids is 1. The number of benzene rings is 1. The number of amides is 1. The van der Waals surface area contributed by atoms with Crippen molar-refractivity contribution in [3.8, 4) is 0 Å². The molecule has 1 aromatic carbocycles. The zero-order chi connectivity index (χ0) is 17.0. The van der Waals surface area contributed by atoms with Gasteiger partial charge in [-0.1, -0.05) is 12.5 Å². The Kier molecular flexibility index (Phi) is 7.89. The SMILES string of the molecule is Cc1ccc(SCC(F)(F)F)c(NC(=O)C2CCCC(N)C2)c1.Cl. The standard InChI is InChI=1S/C16H21F3N2OS.ClH/c1-10-5-6-14(23-9-16(17,18)19)13(7-10)21-15(22)11-3-2-4-12(20)8-11;/h5-7,11-12H,2-4,8-9,20H2,1H3,(H,21,22);1H. The molecule has 0 heterocycles. The first-order valence-corrected chi connectivity index (χ1v) is 8.60. The third kappa shape index (κ3) is 6.53. The van der Waals surface area contributed by atoms with E-state index >= 15 is 0 Å². The van der Waals surface area contributed by atoms with Gasteiger partial charge in [0.05, 0.1) is 11.4 Å². The van der Waals surface area contributed by atoms with E-state index < -0.39 is 11.9 Å². The molecule has 136 valence electrons. The first-order chi connectivity index (χ1) is 10.7. The Morgan fingerprint density at radius 1 is 1.38 bits per heavy atom. The first-order valence-electron chi connectivity index (χ1n) is 7.61. The van der Waals surface area contributed by atoms with Crippen LogP contribution in [0.2, 0.25) is 0 Å². The van der Waals surface area contributed by atoms with Crippen molar-refractivity contribution in [3.05, 3.63) is 23.8 Å². The van der Waals surface area contributed by atoms with E-state index in [1.54, 1.807) is 18.2 Å². The Morgan fingerprint density at radius 2 is 2.08 bits per heavy atom. The number of thioether (sulfide) groups is 1. The van der Waals surface area contributed by atoms with Crippen LogP contribution in [0, 0.1) is 12.8 Å². The van der Waals surface area contributed by atoms with Crippen molar-refractivity contribution in [2.75, 3.05) is 11.1 Å². The molecule has 3 N–H and O–H groups in total. The molecule has 1 saturated carbocycles. The van der Waals surface area contributed by atoms with E-state index in [0.717, 1.165) is 24.8 Å². The molecule has 1 fully saturated rings. The highest BCUT2D eigenvalue weighted by Crippen LogP contribution is 2.34. The minimum atomic E-state index is -4.24. The summed E-state index contributed by atoms with van der Waals surface area (Å²) in [6.07, 6.45) is -1.02. The van der Waals surface area contributed by atoms with Gasteiger partial charge in [-0.15, -0.1) is 24.2 Å². The number of nitrogens with two attached hydrogens (primary N) is 1. The number of carbonyl (C=O) groups is 1. The van der Waals surface area contributed by atoms with Crippen LogP contribution in [0.15, 0.2) is 23.1 Å². The molecule has 3 nitrogen and oxygen atoms in total. The maximum Gasteiger partial charge on any atom is 0.398 e. The zero-order valence-corrected chi connectivity index (χ0v) is 15.0. The lowest BCUT2D eigenvalue weighted by Gasteiger charge is -2.26. The average molecular weight is 383 g/mol. The van der Waals surface area contributed by atoms with E-state index in [-0.39, 0.29) is 30.3 Å². The maximum atomic E-state index is 12.4. The predicted octanol–water partition coefficient (Wildman–Crippen LogP) is 4.53. The molecule has 0 spiro atoms. The van der Waals surface area contributed by atoms with E-state index in [9.17, 15) is 18.0 Å². The zero-order valence-electron chi connectivity index (χ0n) is 13.4. The van der Waals surface area contributed by atoms with Gasteiger partial charge in [0, 0.05) is 16.9 Å². The van der Waals surface area contributed by atoms with Crippen LogP contribution in [0.4, 0.5) is 18.9 Å². The largest absolute Gasteiger partial charge is 0.398 e. The number of halogens is 4. The molecule has 0 aliphatic heterocycles. The van der Waals surface area contributed by atoms with Gasteiger partial charge in [-0.2, -0.15) is 13.2 Å². The summed E-state index contributed by atoms with van der Waals surface area (Å²) in [5.41, 5.74) is 7.23. The van der Waals surface area contributed by atoms with Gasteiger partial charge in [0.15, 0.2) is 0 Å². The fraction of sp³-hybridized carbons (Fsp3) is 0.562. The quantitative estimate of drug-likeness (QED) is 0.752. The maximum absolute atomic E-state index is 12.4. The minimum Gasteiger partial charge on any atom is -0.328 e. The van der Waals surface area contributed by atoms with Crippen molar-refractivity contribution >= 4 is 35.8 Å². The lowest BCUT2D eigenvalue weighted by Crippen LogP contribution is -2.34. The molecule has 1 amide bonds. The number of hydrogen-bond acceptors (Lipinski definition) is 3. The molecule has 0 bridgehead atoms. The first kappa shape index (κ1) is 21.1. The molecule has 8 heteroatoms. The molecule has 24 heavy (non-hydrogen) atoms. The molecular formula is C16H22ClF3N2OS. The smallest absolute Gasteiger partial charge is 0.328 e. The number of alkyl halides is 3. The Morgan fingerprint density at radius 3 is 2.71 bits per heavy atom. The molecule has 2 rings (SSSR count). The average Bonchev–Trinajstić information content (AvgIpc) is 2.45. The third-order valence-corrected chi connectivity index (χ3v) is 5.01.